The van der Waals surface area contributed by atoms with Crippen LogP contribution in [-0.2, 0) is 4.79 Å². The summed E-state index contributed by atoms with van der Waals surface area (Å²) in [4.78, 5) is 13.0. The number of carbonyl (C=O) groups excluding carboxylic acids is 1. The molecule has 0 saturated heterocycles. The molecule has 1 atom stereocenters. The number of hydrogen-bond donors (Lipinski definition) is 1. The Bertz CT molecular complexity index is 123. The molecule has 0 aromatic rings. The second-order valence-corrected chi connectivity index (χ2v) is 2.98. The summed E-state index contributed by atoms with van der Waals surface area (Å²) in [6, 6.07) is 0.0717. The number of nitrogens with zero attached hydrogens (tertiary/aromatic N) is 1. The minimum atomic E-state index is 0.0717. The van der Waals surface area contributed by atoms with Gasteiger partial charge in [-0.2, -0.15) is 0 Å². The van der Waals surface area contributed by atoms with Crippen molar-refractivity contribution in [2.75, 3.05) is 27.7 Å². The molecule has 0 amide bonds. The van der Waals surface area contributed by atoms with Gasteiger partial charge in [0.1, 0.15) is 5.78 Å². The maximum Gasteiger partial charge on any atom is 0.146 e. The Morgan fingerprint density at radius 2 is 2.09 bits per heavy atom. The average Bonchev–Trinajstić information content (AvgIpc) is 1.87. The molecule has 0 aliphatic heterocycles. The molecule has 11 heavy (non-hydrogen) atoms. The topological polar surface area (TPSA) is 32.3 Å². The van der Waals surface area contributed by atoms with E-state index < -0.39 is 0 Å². The molecule has 3 heteroatoms. The predicted octanol–water partition coefficient (Wildman–Crippen LogP) is 0.115. The van der Waals surface area contributed by atoms with Gasteiger partial charge in [0.2, 0.25) is 0 Å². The molecule has 3 nitrogen and oxygen atoms in total. The zero-order valence-electron chi connectivity index (χ0n) is 7.85. The maximum atomic E-state index is 11.0. The zero-order valence-corrected chi connectivity index (χ0v) is 7.85. The average molecular weight is 158 g/mol. The highest BCUT2D eigenvalue weighted by Gasteiger charge is 2.14. The number of rotatable bonds is 5. The molecule has 1 N–H and O–H groups in total. The standard InChI is InChI=1S/C8H18N2O/c1-7(11)8(10(3)4)5-6-9-2/h8-9H,5-6H2,1-4H3. The van der Waals surface area contributed by atoms with E-state index >= 15 is 0 Å². The third kappa shape index (κ3) is 4.11. The normalized spacial score (nSPS) is 13.5. The lowest BCUT2D eigenvalue weighted by molar-refractivity contribution is -0.121. The third-order valence-corrected chi connectivity index (χ3v) is 1.76. The van der Waals surface area contributed by atoms with Crippen LogP contribution in [0.25, 0.3) is 0 Å². The van der Waals surface area contributed by atoms with Gasteiger partial charge in [0.25, 0.3) is 0 Å². The Kier molecular flexibility index (Phi) is 5.07. The number of likely N-dealkylation sites (N-methyl/N-ethyl adjacent to an activating group) is 1. The molecule has 0 spiro atoms. The van der Waals surface area contributed by atoms with Crippen molar-refractivity contribution in [3.63, 3.8) is 0 Å². The molecular formula is C8H18N2O. The Balaban J connectivity index is 3.80. The van der Waals surface area contributed by atoms with Crippen molar-refractivity contribution in [1.82, 2.24) is 10.2 Å². The molecule has 0 radical (unpaired) electrons. The maximum absolute atomic E-state index is 11.0. The summed E-state index contributed by atoms with van der Waals surface area (Å²) in [5, 5.41) is 3.03. The molecule has 0 aromatic carbocycles. The third-order valence-electron chi connectivity index (χ3n) is 1.76. The molecule has 0 saturated carbocycles. The van der Waals surface area contributed by atoms with E-state index in [0.717, 1.165) is 13.0 Å². The van der Waals surface area contributed by atoms with Gasteiger partial charge >= 0.3 is 0 Å². The Morgan fingerprint density at radius 1 is 1.55 bits per heavy atom. The van der Waals surface area contributed by atoms with Crippen molar-refractivity contribution < 1.29 is 4.79 Å². The first-order valence-electron chi connectivity index (χ1n) is 3.91. The molecular weight excluding hydrogens is 140 g/mol. The lowest BCUT2D eigenvalue weighted by atomic mass is 10.1. The number of hydrogen-bond acceptors (Lipinski definition) is 3. The fraction of sp³-hybridized carbons (Fsp3) is 0.875. The van der Waals surface area contributed by atoms with Crippen LogP contribution in [0, 0.1) is 0 Å². The van der Waals surface area contributed by atoms with E-state index in [-0.39, 0.29) is 11.8 Å². The molecule has 0 heterocycles. The number of nitrogens with one attached hydrogen (secondary N) is 1. The van der Waals surface area contributed by atoms with E-state index in [1.54, 1.807) is 6.92 Å². The van der Waals surface area contributed by atoms with Crippen molar-refractivity contribution in [1.29, 1.82) is 0 Å². The highest BCUT2D eigenvalue weighted by Crippen LogP contribution is 1.99. The summed E-state index contributed by atoms with van der Waals surface area (Å²) in [6.45, 7) is 2.53. The van der Waals surface area contributed by atoms with E-state index in [1.165, 1.54) is 0 Å². The summed E-state index contributed by atoms with van der Waals surface area (Å²) >= 11 is 0. The second-order valence-electron chi connectivity index (χ2n) is 2.98. The molecule has 0 aromatic heterocycles. The van der Waals surface area contributed by atoms with Crippen LogP contribution in [0.4, 0.5) is 0 Å². The second kappa shape index (κ2) is 5.27. The molecule has 1 unspecified atom stereocenters. The highest BCUT2D eigenvalue weighted by atomic mass is 16.1. The number of Topliss-reactive ketones (excluding diaryl/α,β-unsaturated/α-hetero) is 1. The van der Waals surface area contributed by atoms with Gasteiger partial charge in [0.15, 0.2) is 0 Å². The fourth-order valence-electron chi connectivity index (χ4n) is 1.11. The first-order chi connectivity index (χ1) is 5.09. The Hall–Kier alpha value is -0.410. The summed E-state index contributed by atoms with van der Waals surface area (Å²) in [5.41, 5.74) is 0. The van der Waals surface area contributed by atoms with Gasteiger partial charge in [-0.25, -0.2) is 0 Å². The van der Waals surface area contributed by atoms with Gasteiger partial charge in [0.05, 0.1) is 6.04 Å². The first-order valence-corrected chi connectivity index (χ1v) is 3.91. The van der Waals surface area contributed by atoms with E-state index in [0.29, 0.717) is 0 Å². The number of ketones is 1. The van der Waals surface area contributed by atoms with Crippen LogP contribution < -0.4 is 5.32 Å². The molecule has 0 fully saturated rings. The van der Waals surface area contributed by atoms with Crippen LogP contribution in [0.2, 0.25) is 0 Å². The largest absolute Gasteiger partial charge is 0.320 e. The van der Waals surface area contributed by atoms with Gasteiger partial charge < -0.3 is 5.32 Å². The lowest BCUT2D eigenvalue weighted by Gasteiger charge is -2.20. The molecule has 0 bridgehead atoms. The lowest BCUT2D eigenvalue weighted by Crippen LogP contribution is -2.36. The van der Waals surface area contributed by atoms with E-state index in [4.69, 9.17) is 0 Å². The molecule has 66 valence electrons. The van der Waals surface area contributed by atoms with Crippen LogP contribution in [0.1, 0.15) is 13.3 Å². The number of carbonyl (C=O) groups is 1. The van der Waals surface area contributed by atoms with Gasteiger partial charge in [0, 0.05) is 0 Å². The Morgan fingerprint density at radius 3 is 2.36 bits per heavy atom. The van der Waals surface area contributed by atoms with Crippen LogP contribution in [0.15, 0.2) is 0 Å². The minimum absolute atomic E-state index is 0.0717. The zero-order chi connectivity index (χ0) is 8.85. The van der Waals surface area contributed by atoms with Crippen LogP contribution in [0.5, 0.6) is 0 Å². The van der Waals surface area contributed by atoms with Crippen LogP contribution in [-0.4, -0.2) is 44.4 Å². The van der Waals surface area contributed by atoms with E-state index in [1.807, 2.05) is 26.0 Å². The van der Waals surface area contributed by atoms with Crippen molar-refractivity contribution in [2.24, 2.45) is 0 Å². The molecule has 0 rings (SSSR count). The summed E-state index contributed by atoms with van der Waals surface area (Å²) in [5.74, 6) is 0.241. The molecule has 0 aliphatic rings. The van der Waals surface area contributed by atoms with Crippen molar-refractivity contribution in [3.8, 4) is 0 Å². The van der Waals surface area contributed by atoms with Gasteiger partial charge in [-0.15, -0.1) is 0 Å². The highest BCUT2D eigenvalue weighted by molar-refractivity contribution is 5.81. The van der Waals surface area contributed by atoms with Crippen LogP contribution in [0.3, 0.4) is 0 Å². The van der Waals surface area contributed by atoms with Gasteiger partial charge in [-0.3, -0.25) is 9.69 Å². The summed E-state index contributed by atoms with van der Waals surface area (Å²) in [7, 11) is 5.76. The monoisotopic (exact) mass is 158 g/mol. The Labute approximate surface area is 68.8 Å². The van der Waals surface area contributed by atoms with E-state index in [2.05, 4.69) is 5.32 Å². The quantitative estimate of drug-likeness (QED) is 0.616. The van der Waals surface area contributed by atoms with E-state index in [9.17, 15) is 4.79 Å². The van der Waals surface area contributed by atoms with Crippen LogP contribution >= 0.6 is 0 Å². The van der Waals surface area contributed by atoms with Crippen molar-refractivity contribution in [3.05, 3.63) is 0 Å². The predicted molar refractivity (Wildman–Crippen MR) is 46.7 cm³/mol. The van der Waals surface area contributed by atoms with Gasteiger partial charge in [-0.1, -0.05) is 0 Å². The summed E-state index contributed by atoms with van der Waals surface area (Å²) in [6.07, 6.45) is 0.888. The van der Waals surface area contributed by atoms with Crippen molar-refractivity contribution in [2.45, 2.75) is 19.4 Å². The molecule has 0 aliphatic carbocycles. The van der Waals surface area contributed by atoms with Gasteiger partial charge in [-0.05, 0) is 41.0 Å². The SMILES string of the molecule is CNCCC(C(C)=O)N(C)C. The van der Waals surface area contributed by atoms with Crippen molar-refractivity contribution >= 4 is 5.78 Å². The fourth-order valence-corrected chi connectivity index (χ4v) is 1.11. The minimum Gasteiger partial charge on any atom is -0.320 e. The summed E-state index contributed by atoms with van der Waals surface area (Å²) < 4.78 is 0. The first kappa shape index (κ1) is 10.6. The smallest absolute Gasteiger partial charge is 0.146 e.